The largest absolute Gasteiger partial charge is 0.293 e. The zero-order valence-corrected chi connectivity index (χ0v) is 8.59. The molecule has 2 nitrogen and oxygen atoms in total. The SMILES string of the molecule is Cc1cn2c(Br)ccc(C)c2n1. The van der Waals surface area contributed by atoms with Crippen LogP contribution >= 0.6 is 15.9 Å². The average molecular weight is 225 g/mol. The maximum atomic E-state index is 4.41. The first-order valence-corrected chi connectivity index (χ1v) is 4.58. The molecule has 0 unspecified atom stereocenters. The van der Waals surface area contributed by atoms with Gasteiger partial charge in [0.2, 0.25) is 0 Å². The quantitative estimate of drug-likeness (QED) is 0.630. The molecular weight excluding hydrogens is 216 g/mol. The minimum absolute atomic E-state index is 1.03. The van der Waals surface area contributed by atoms with Crippen LogP contribution in [0.5, 0.6) is 0 Å². The van der Waals surface area contributed by atoms with Gasteiger partial charge in [-0.1, -0.05) is 6.07 Å². The minimum atomic E-state index is 1.03. The van der Waals surface area contributed by atoms with Gasteiger partial charge in [0.1, 0.15) is 5.65 Å². The fourth-order valence-corrected chi connectivity index (χ4v) is 1.69. The number of fused-ring (bicyclic) bond motifs is 1. The van der Waals surface area contributed by atoms with E-state index in [9.17, 15) is 0 Å². The highest BCUT2D eigenvalue weighted by atomic mass is 79.9. The molecule has 0 fully saturated rings. The van der Waals surface area contributed by atoms with Gasteiger partial charge in [-0.3, -0.25) is 4.40 Å². The molecule has 2 heterocycles. The van der Waals surface area contributed by atoms with Crippen molar-refractivity contribution in [1.29, 1.82) is 0 Å². The number of hydrogen-bond acceptors (Lipinski definition) is 1. The number of pyridine rings is 1. The molecule has 0 atom stereocenters. The van der Waals surface area contributed by atoms with E-state index >= 15 is 0 Å². The number of nitrogens with zero attached hydrogens (tertiary/aromatic N) is 2. The van der Waals surface area contributed by atoms with Crippen LogP contribution in [0.15, 0.2) is 22.9 Å². The van der Waals surface area contributed by atoms with Gasteiger partial charge in [-0.05, 0) is 41.4 Å². The summed E-state index contributed by atoms with van der Waals surface area (Å²) in [7, 11) is 0. The summed E-state index contributed by atoms with van der Waals surface area (Å²) < 4.78 is 3.09. The van der Waals surface area contributed by atoms with Crippen LogP contribution in [-0.4, -0.2) is 9.38 Å². The molecule has 0 saturated heterocycles. The second kappa shape index (κ2) is 2.59. The first kappa shape index (κ1) is 7.80. The van der Waals surface area contributed by atoms with Crippen LogP contribution in [0.25, 0.3) is 5.65 Å². The summed E-state index contributed by atoms with van der Waals surface area (Å²) in [5.74, 6) is 0. The molecule has 3 heteroatoms. The molecule has 2 aromatic heterocycles. The normalized spacial score (nSPS) is 10.9. The van der Waals surface area contributed by atoms with E-state index in [2.05, 4.69) is 33.9 Å². The molecule has 0 aliphatic carbocycles. The van der Waals surface area contributed by atoms with Crippen molar-refractivity contribution in [2.24, 2.45) is 0 Å². The lowest BCUT2D eigenvalue weighted by Gasteiger charge is -1.98. The molecule has 0 saturated carbocycles. The lowest BCUT2D eigenvalue weighted by molar-refractivity contribution is 1.12. The van der Waals surface area contributed by atoms with Crippen LogP contribution in [0.4, 0.5) is 0 Å². The van der Waals surface area contributed by atoms with Crippen molar-refractivity contribution in [2.45, 2.75) is 13.8 Å². The van der Waals surface area contributed by atoms with Crippen molar-refractivity contribution < 1.29 is 0 Å². The van der Waals surface area contributed by atoms with Gasteiger partial charge in [0, 0.05) is 6.20 Å². The van der Waals surface area contributed by atoms with E-state index in [1.54, 1.807) is 0 Å². The van der Waals surface area contributed by atoms with Crippen molar-refractivity contribution in [1.82, 2.24) is 9.38 Å². The Morgan fingerprint density at radius 1 is 1.33 bits per heavy atom. The summed E-state index contributed by atoms with van der Waals surface area (Å²) in [6, 6.07) is 4.09. The fourth-order valence-electron chi connectivity index (χ4n) is 1.29. The van der Waals surface area contributed by atoms with Crippen LogP contribution in [0.1, 0.15) is 11.3 Å². The van der Waals surface area contributed by atoms with Gasteiger partial charge in [-0.15, -0.1) is 0 Å². The van der Waals surface area contributed by atoms with Crippen LogP contribution in [0, 0.1) is 13.8 Å². The molecule has 0 bridgehead atoms. The molecular formula is C9H9BrN2. The summed E-state index contributed by atoms with van der Waals surface area (Å²) in [6.07, 6.45) is 2.02. The van der Waals surface area contributed by atoms with E-state index in [0.717, 1.165) is 15.9 Å². The molecule has 0 N–H and O–H groups in total. The highest BCUT2D eigenvalue weighted by molar-refractivity contribution is 9.10. The third-order valence-corrected chi connectivity index (χ3v) is 2.53. The third kappa shape index (κ3) is 1.05. The summed E-state index contributed by atoms with van der Waals surface area (Å²) in [6.45, 7) is 4.06. The van der Waals surface area contributed by atoms with Crippen molar-refractivity contribution in [3.05, 3.63) is 34.2 Å². The van der Waals surface area contributed by atoms with Crippen LogP contribution in [0.2, 0.25) is 0 Å². The fraction of sp³-hybridized carbons (Fsp3) is 0.222. The molecule has 12 heavy (non-hydrogen) atoms. The van der Waals surface area contributed by atoms with Gasteiger partial charge < -0.3 is 0 Å². The summed E-state index contributed by atoms with van der Waals surface area (Å²) in [5.41, 5.74) is 3.28. The Kier molecular flexibility index (Phi) is 1.68. The number of halogens is 1. The number of rotatable bonds is 0. The van der Waals surface area contributed by atoms with Gasteiger partial charge in [-0.25, -0.2) is 4.98 Å². The molecule has 2 aromatic rings. The first-order valence-electron chi connectivity index (χ1n) is 3.79. The number of aromatic nitrogens is 2. The Morgan fingerprint density at radius 3 is 2.75 bits per heavy atom. The molecule has 2 rings (SSSR count). The molecule has 62 valence electrons. The predicted molar refractivity (Wildman–Crippen MR) is 52.4 cm³/mol. The summed E-state index contributed by atoms with van der Waals surface area (Å²) in [4.78, 5) is 4.41. The molecule has 0 amide bonds. The highest BCUT2D eigenvalue weighted by Crippen LogP contribution is 2.17. The lowest BCUT2D eigenvalue weighted by atomic mass is 10.3. The van der Waals surface area contributed by atoms with Gasteiger partial charge in [0.05, 0.1) is 10.3 Å². The zero-order chi connectivity index (χ0) is 8.72. The Morgan fingerprint density at radius 2 is 2.08 bits per heavy atom. The van der Waals surface area contributed by atoms with Crippen LogP contribution < -0.4 is 0 Å². The maximum absolute atomic E-state index is 4.41. The molecule has 0 aliphatic heterocycles. The monoisotopic (exact) mass is 224 g/mol. The second-order valence-electron chi connectivity index (χ2n) is 2.91. The minimum Gasteiger partial charge on any atom is -0.293 e. The highest BCUT2D eigenvalue weighted by Gasteiger charge is 2.02. The van der Waals surface area contributed by atoms with Gasteiger partial charge in [-0.2, -0.15) is 0 Å². The Bertz CT molecular complexity index is 392. The Balaban J connectivity index is 2.93. The Hall–Kier alpha value is -0.830. The van der Waals surface area contributed by atoms with Gasteiger partial charge >= 0.3 is 0 Å². The molecule has 0 aliphatic rings. The first-order chi connectivity index (χ1) is 5.68. The summed E-state index contributed by atoms with van der Waals surface area (Å²) in [5, 5.41) is 0. The van der Waals surface area contributed by atoms with Crippen LogP contribution in [0.3, 0.4) is 0 Å². The number of hydrogen-bond donors (Lipinski definition) is 0. The Labute approximate surface area is 79.4 Å². The van der Waals surface area contributed by atoms with E-state index in [1.165, 1.54) is 5.56 Å². The van der Waals surface area contributed by atoms with Gasteiger partial charge in [0.15, 0.2) is 0 Å². The van der Waals surface area contributed by atoms with Gasteiger partial charge in [0.25, 0.3) is 0 Å². The van der Waals surface area contributed by atoms with Crippen molar-refractivity contribution in [2.75, 3.05) is 0 Å². The smallest absolute Gasteiger partial charge is 0.140 e. The molecule has 0 aromatic carbocycles. The van der Waals surface area contributed by atoms with E-state index in [0.29, 0.717) is 0 Å². The maximum Gasteiger partial charge on any atom is 0.140 e. The average Bonchev–Trinajstić information content (AvgIpc) is 2.41. The van der Waals surface area contributed by atoms with E-state index < -0.39 is 0 Å². The van der Waals surface area contributed by atoms with E-state index in [4.69, 9.17) is 0 Å². The molecule has 0 spiro atoms. The summed E-state index contributed by atoms with van der Waals surface area (Å²) >= 11 is 3.47. The predicted octanol–water partition coefficient (Wildman–Crippen LogP) is 2.71. The van der Waals surface area contributed by atoms with E-state index in [1.807, 2.05) is 23.6 Å². The lowest BCUT2D eigenvalue weighted by Crippen LogP contribution is -1.87. The van der Waals surface area contributed by atoms with E-state index in [-0.39, 0.29) is 0 Å². The van der Waals surface area contributed by atoms with Crippen molar-refractivity contribution in [3.63, 3.8) is 0 Å². The van der Waals surface area contributed by atoms with Crippen molar-refractivity contribution in [3.8, 4) is 0 Å². The third-order valence-electron chi connectivity index (χ3n) is 1.88. The number of aryl methyl sites for hydroxylation is 2. The van der Waals surface area contributed by atoms with Crippen LogP contribution in [-0.2, 0) is 0 Å². The topological polar surface area (TPSA) is 17.3 Å². The number of imidazole rings is 1. The molecule has 0 radical (unpaired) electrons. The zero-order valence-electron chi connectivity index (χ0n) is 7.00. The van der Waals surface area contributed by atoms with Crippen molar-refractivity contribution >= 4 is 21.6 Å². The standard InChI is InChI=1S/C9H9BrN2/c1-6-3-4-8(10)12-5-7(2)11-9(6)12/h3-5H,1-2H3. The second-order valence-corrected chi connectivity index (χ2v) is 3.73.